The van der Waals surface area contributed by atoms with Gasteiger partial charge in [0.25, 0.3) is 10.0 Å². The molecule has 0 saturated carbocycles. The monoisotopic (exact) mass is 345 g/mol. The molecule has 8 heteroatoms. The highest BCUT2D eigenvalue weighted by atomic mass is 35.5. The SMILES string of the molecule is Cc1ccc(Cl)c(S(=O)(=O)N2CCCn3nccc32)c1Cl. The average Bonchev–Trinajstić information content (AvgIpc) is 2.91. The van der Waals surface area contributed by atoms with E-state index in [0.717, 1.165) is 0 Å². The minimum atomic E-state index is -3.82. The van der Waals surface area contributed by atoms with Crippen LogP contribution in [0, 0.1) is 6.92 Å². The summed E-state index contributed by atoms with van der Waals surface area (Å²) in [5.74, 6) is 0.537. The summed E-state index contributed by atoms with van der Waals surface area (Å²) in [4.78, 5) is -0.0412. The van der Waals surface area contributed by atoms with Crippen LogP contribution in [0.25, 0.3) is 0 Å². The van der Waals surface area contributed by atoms with Crippen molar-refractivity contribution in [3.63, 3.8) is 0 Å². The molecule has 0 bridgehead atoms. The number of fused-ring (bicyclic) bond motifs is 1. The van der Waals surface area contributed by atoms with E-state index in [9.17, 15) is 8.42 Å². The fourth-order valence-electron chi connectivity index (χ4n) is 2.41. The predicted molar refractivity (Wildman–Crippen MR) is 82.6 cm³/mol. The predicted octanol–water partition coefficient (Wildman–Crippen LogP) is 3.10. The van der Waals surface area contributed by atoms with Crippen molar-refractivity contribution in [2.45, 2.75) is 24.8 Å². The summed E-state index contributed by atoms with van der Waals surface area (Å²) in [5.41, 5.74) is 0.671. The third kappa shape index (κ3) is 2.31. The Morgan fingerprint density at radius 3 is 2.71 bits per heavy atom. The third-order valence-corrected chi connectivity index (χ3v) is 6.39. The maximum atomic E-state index is 13.0. The molecule has 112 valence electrons. The lowest BCUT2D eigenvalue weighted by Crippen LogP contribution is -2.37. The molecule has 1 aromatic carbocycles. The zero-order chi connectivity index (χ0) is 15.2. The molecular formula is C13H13Cl2N3O2S. The number of sulfonamides is 1. The van der Waals surface area contributed by atoms with E-state index in [1.54, 1.807) is 36.0 Å². The van der Waals surface area contributed by atoms with E-state index >= 15 is 0 Å². The van der Waals surface area contributed by atoms with E-state index in [4.69, 9.17) is 23.2 Å². The first-order chi connectivity index (χ1) is 9.93. The summed E-state index contributed by atoms with van der Waals surface area (Å²) in [5, 5.41) is 4.41. The number of anilines is 1. The Morgan fingerprint density at radius 2 is 1.95 bits per heavy atom. The molecule has 0 atom stereocenters. The van der Waals surface area contributed by atoms with E-state index in [-0.39, 0.29) is 14.9 Å². The van der Waals surface area contributed by atoms with E-state index in [1.807, 2.05) is 0 Å². The molecule has 0 aliphatic carbocycles. The van der Waals surface area contributed by atoms with Crippen molar-refractivity contribution in [3.8, 4) is 0 Å². The molecule has 2 heterocycles. The van der Waals surface area contributed by atoms with Gasteiger partial charge in [-0.3, -0.25) is 0 Å². The van der Waals surface area contributed by atoms with Gasteiger partial charge in [0.2, 0.25) is 0 Å². The van der Waals surface area contributed by atoms with E-state index in [0.29, 0.717) is 30.9 Å². The number of benzene rings is 1. The van der Waals surface area contributed by atoms with Crippen molar-refractivity contribution < 1.29 is 8.42 Å². The van der Waals surface area contributed by atoms with Crippen molar-refractivity contribution >= 4 is 39.0 Å². The summed E-state index contributed by atoms with van der Waals surface area (Å²) in [6.07, 6.45) is 2.28. The number of aryl methyl sites for hydroxylation is 2. The first kappa shape index (κ1) is 14.7. The number of halogens is 2. The Hall–Kier alpha value is -1.24. The van der Waals surface area contributed by atoms with Crippen LogP contribution >= 0.6 is 23.2 Å². The highest BCUT2D eigenvalue weighted by molar-refractivity contribution is 7.93. The van der Waals surface area contributed by atoms with Crippen molar-refractivity contribution in [2.24, 2.45) is 0 Å². The molecule has 0 amide bonds. The van der Waals surface area contributed by atoms with Gasteiger partial charge in [0.05, 0.1) is 16.2 Å². The molecule has 1 aromatic heterocycles. The van der Waals surface area contributed by atoms with Gasteiger partial charge >= 0.3 is 0 Å². The van der Waals surface area contributed by atoms with Crippen LogP contribution in [0.1, 0.15) is 12.0 Å². The van der Waals surface area contributed by atoms with Gasteiger partial charge in [-0.2, -0.15) is 5.10 Å². The van der Waals surface area contributed by atoms with Crippen LogP contribution in [0.5, 0.6) is 0 Å². The van der Waals surface area contributed by atoms with Gasteiger partial charge in [-0.15, -0.1) is 0 Å². The third-order valence-electron chi connectivity index (χ3n) is 3.47. The smallest absolute Gasteiger partial charge is 0.250 e. The summed E-state index contributed by atoms with van der Waals surface area (Å²) in [7, 11) is -3.82. The van der Waals surface area contributed by atoms with Crippen molar-refractivity contribution in [1.29, 1.82) is 0 Å². The molecule has 3 rings (SSSR count). The molecule has 0 fully saturated rings. The van der Waals surface area contributed by atoms with Gasteiger partial charge in [-0.1, -0.05) is 29.3 Å². The van der Waals surface area contributed by atoms with Gasteiger partial charge < -0.3 is 0 Å². The molecule has 5 nitrogen and oxygen atoms in total. The van der Waals surface area contributed by atoms with Crippen molar-refractivity contribution in [3.05, 3.63) is 40.0 Å². The van der Waals surface area contributed by atoms with Gasteiger partial charge in [0, 0.05) is 19.2 Å². The fraction of sp³-hybridized carbons (Fsp3) is 0.308. The lowest BCUT2D eigenvalue weighted by molar-refractivity contribution is 0.532. The molecule has 1 aliphatic rings. The lowest BCUT2D eigenvalue weighted by atomic mass is 10.2. The summed E-state index contributed by atoms with van der Waals surface area (Å²) < 4.78 is 28.9. The van der Waals surface area contributed by atoms with Crippen LogP contribution in [-0.2, 0) is 16.6 Å². The standard InChI is InChI=1S/C13H13Cl2N3O2S/c1-9-3-4-10(14)13(12(9)15)21(19,20)18-8-2-7-17-11(18)5-6-16-17/h3-6H,2,7-8H2,1H3. The molecule has 0 radical (unpaired) electrons. The highest BCUT2D eigenvalue weighted by Crippen LogP contribution is 2.36. The zero-order valence-electron chi connectivity index (χ0n) is 11.3. The highest BCUT2D eigenvalue weighted by Gasteiger charge is 2.33. The van der Waals surface area contributed by atoms with Crippen LogP contribution in [0.2, 0.25) is 10.0 Å². The Kier molecular flexibility index (Phi) is 3.63. The summed E-state index contributed by atoms with van der Waals surface area (Å²) in [6, 6.07) is 4.93. The van der Waals surface area contributed by atoms with Gasteiger partial charge in [-0.25, -0.2) is 17.4 Å². The minimum absolute atomic E-state index is 0.0412. The molecule has 2 aromatic rings. The number of rotatable bonds is 2. The van der Waals surface area contributed by atoms with Crippen LogP contribution in [0.4, 0.5) is 5.82 Å². The summed E-state index contributed by atoms with van der Waals surface area (Å²) in [6.45, 7) is 2.83. The Balaban J connectivity index is 2.18. The quantitative estimate of drug-likeness (QED) is 0.840. The van der Waals surface area contributed by atoms with Crippen LogP contribution in [0.15, 0.2) is 29.3 Å². The maximum absolute atomic E-state index is 13.0. The first-order valence-corrected chi connectivity index (χ1v) is 8.61. The Bertz CT molecular complexity index is 802. The normalized spacial score (nSPS) is 15.1. The molecular weight excluding hydrogens is 333 g/mol. The van der Waals surface area contributed by atoms with Crippen LogP contribution in [0.3, 0.4) is 0 Å². The number of aromatic nitrogens is 2. The van der Waals surface area contributed by atoms with Crippen molar-refractivity contribution in [2.75, 3.05) is 10.8 Å². The zero-order valence-corrected chi connectivity index (χ0v) is 13.6. The van der Waals surface area contributed by atoms with Gasteiger partial charge in [-0.05, 0) is 25.0 Å². The molecule has 0 N–H and O–H groups in total. The van der Waals surface area contributed by atoms with Gasteiger partial charge in [0.1, 0.15) is 10.7 Å². The average molecular weight is 346 g/mol. The molecule has 1 aliphatic heterocycles. The van der Waals surface area contributed by atoms with Crippen molar-refractivity contribution in [1.82, 2.24) is 9.78 Å². The Labute approximate surface area is 133 Å². The molecule has 21 heavy (non-hydrogen) atoms. The molecule has 0 saturated heterocycles. The summed E-state index contributed by atoms with van der Waals surface area (Å²) >= 11 is 12.3. The fourth-order valence-corrected chi connectivity index (χ4v) is 5.06. The van der Waals surface area contributed by atoms with E-state index < -0.39 is 10.0 Å². The second-order valence-corrected chi connectivity index (χ2v) is 7.43. The second kappa shape index (κ2) is 5.19. The van der Waals surface area contributed by atoms with Crippen LogP contribution in [-0.4, -0.2) is 24.7 Å². The van der Waals surface area contributed by atoms with Gasteiger partial charge in [0.15, 0.2) is 0 Å². The van der Waals surface area contributed by atoms with E-state index in [2.05, 4.69) is 5.10 Å². The van der Waals surface area contributed by atoms with E-state index in [1.165, 1.54) is 4.31 Å². The lowest BCUT2D eigenvalue weighted by Gasteiger charge is -2.29. The maximum Gasteiger partial charge on any atom is 0.268 e. The number of hydrogen-bond acceptors (Lipinski definition) is 3. The number of hydrogen-bond donors (Lipinski definition) is 0. The molecule has 0 spiro atoms. The topological polar surface area (TPSA) is 55.2 Å². The minimum Gasteiger partial charge on any atom is -0.250 e. The Morgan fingerprint density at radius 1 is 1.19 bits per heavy atom. The van der Waals surface area contributed by atoms with Crippen LogP contribution < -0.4 is 4.31 Å². The first-order valence-electron chi connectivity index (χ1n) is 6.42. The largest absolute Gasteiger partial charge is 0.268 e. The molecule has 0 unspecified atom stereocenters. The number of nitrogens with zero attached hydrogens (tertiary/aromatic N) is 3. The second-order valence-electron chi connectivity index (χ2n) is 4.85.